The average molecular weight is 294 g/mol. The van der Waals surface area contributed by atoms with Crippen molar-refractivity contribution in [3.63, 3.8) is 0 Å². The summed E-state index contributed by atoms with van der Waals surface area (Å²) in [6.07, 6.45) is 4.56. The molecule has 0 spiro atoms. The Balaban J connectivity index is 2.29. The maximum Gasteiger partial charge on any atom is 0.217 e. The first-order valence-corrected chi connectivity index (χ1v) is 7.75. The number of rotatable bonds is 10. The van der Waals surface area contributed by atoms with Gasteiger partial charge in [0.15, 0.2) is 0 Å². The van der Waals surface area contributed by atoms with Gasteiger partial charge in [-0.15, -0.1) is 0 Å². The summed E-state index contributed by atoms with van der Waals surface area (Å²) in [5, 5.41) is 3.54. The molecule has 0 radical (unpaired) electrons. The minimum atomic E-state index is -0.218. The molecule has 0 aliphatic rings. The highest BCUT2D eigenvalue weighted by molar-refractivity contribution is 5.73. The zero-order valence-corrected chi connectivity index (χ0v) is 13.1. The predicted molar refractivity (Wildman–Crippen MR) is 84.1 cm³/mol. The van der Waals surface area contributed by atoms with Crippen molar-refractivity contribution < 1.29 is 9.18 Å². The second-order valence-corrected chi connectivity index (χ2v) is 5.92. The van der Waals surface area contributed by atoms with Crippen LogP contribution in [0.1, 0.15) is 51.5 Å². The number of carbonyl (C=O) groups is 1. The highest BCUT2D eigenvalue weighted by atomic mass is 19.1. The van der Waals surface area contributed by atoms with Gasteiger partial charge in [0.1, 0.15) is 5.82 Å². The molecular weight excluding hydrogens is 267 g/mol. The first-order valence-electron chi connectivity index (χ1n) is 7.75. The molecule has 1 aromatic rings. The highest BCUT2D eigenvalue weighted by Crippen LogP contribution is 2.13. The fourth-order valence-corrected chi connectivity index (χ4v) is 2.36. The van der Waals surface area contributed by atoms with E-state index in [1.165, 1.54) is 12.1 Å². The molecule has 1 unspecified atom stereocenters. The highest BCUT2D eigenvalue weighted by Gasteiger charge is 2.12. The summed E-state index contributed by atoms with van der Waals surface area (Å²) in [5.74, 6) is 0.125. The van der Waals surface area contributed by atoms with Gasteiger partial charge in [-0.05, 0) is 36.5 Å². The minimum Gasteiger partial charge on any atom is -0.370 e. The number of halogens is 1. The van der Waals surface area contributed by atoms with Gasteiger partial charge in [-0.3, -0.25) is 4.79 Å². The largest absolute Gasteiger partial charge is 0.370 e. The lowest BCUT2D eigenvalue weighted by molar-refractivity contribution is -0.118. The van der Waals surface area contributed by atoms with Crippen LogP contribution in [-0.4, -0.2) is 11.9 Å². The number of hydrogen-bond acceptors (Lipinski definition) is 2. The van der Waals surface area contributed by atoms with E-state index in [0.717, 1.165) is 37.8 Å². The lowest BCUT2D eigenvalue weighted by Crippen LogP contribution is -2.33. The molecule has 1 aromatic carbocycles. The molecule has 0 aliphatic carbocycles. The van der Waals surface area contributed by atoms with Crippen LogP contribution >= 0.6 is 0 Å². The predicted octanol–water partition coefficient (Wildman–Crippen LogP) is 3.38. The van der Waals surface area contributed by atoms with Crippen molar-refractivity contribution in [1.29, 1.82) is 0 Å². The molecule has 4 heteroatoms. The second-order valence-electron chi connectivity index (χ2n) is 5.92. The van der Waals surface area contributed by atoms with Crippen LogP contribution in [0.15, 0.2) is 24.3 Å². The SMILES string of the molecule is CC(C)C(CCCCCC(N)=O)NCc1ccc(F)cc1. The van der Waals surface area contributed by atoms with E-state index in [-0.39, 0.29) is 11.7 Å². The zero-order chi connectivity index (χ0) is 15.7. The van der Waals surface area contributed by atoms with Crippen molar-refractivity contribution in [1.82, 2.24) is 5.32 Å². The number of primary amides is 1. The molecule has 1 atom stereocenters. The Labute approximate surface area is 127 Å². The summed E-state index contributed by atoms with van der Waals surface area (Å²) < 4.78 is 12.9. The van der Waals surface area contributed by atoms with Gasteiger partial charge >= 0.3 is 0 Å². The standard InChI is InChI=1S/C17H27FN2O/c1-13(2)16(6-4-3-5-7-17(19)21)20-12-14-8-10-15(18)11-9-14/h8-11,13,16,20H,3-7,12H2,1-2H3,(H2,19,21). The molecule has 21 heavy (non-hydrogen) atoms. The van der Waals surface area contributed by atoms with E-state index in [1.807, 2.05) is 12.1 Å². The molecule has 0 heterocycles. The summed E-state index contributed by atoms with van der Waals surface area (Å²) in [6, 6.07) is 7.04. The third kappa shape index (κ3) is 7.81. The quantitative estimate of drug-likeness (QED) is 0.650. The first kappa shape index (κ1) is 17.6. The van der Waals surface area contributed by atoms with Crippen LogP contribution in [0.2, 0.25) is 0 Å². The summed E-state index contributed by atoms with van der Waals surface area (Å²) in [5.41, 5.74) is 6.22. The Morgan fingerprint density at radius 1 is 1.19 bits per heavy atom. The van der Waals surface area contributed by atoms with Crippen molar-refractivity contribution in [2.45, 2.75) is 58.5 Å². The average Bonchev–Trinajstić information content (AvgIpc) is 2.43. The molecule has 0 aromatic heterocycles. The van der Waals surface area contributed by atoms with Crippen LogP contribution in [0.25, 0.3) is 0 Å². The zero-order valence-electron chi connectivity index (χ0n) is 13.1. The molecule has 1 rings (SSSR count). The van der Waals surface area contributed by atoms with Gasteiger partial charge < -0.3 is 11.1 Å². The van der Waals surface area contributed by atoms with Crippen LogP contribution in [0, 0.1) is 11.7 Å². The Kier molecular flexibility index (Phi) is 7.98. The maximum absolute atomic E-state index is 12.9. The molecule has 0 aliphatic heterocycles. The van der Waals surface area contributed by atoms with Crippen molar-refractivity contribution in [3.8, 4) is 0 Å². The number of amides is 1. The number of benzene rings is 1. The molecule has 1 amide bonds. The van der Waals surface area contributed by atoms with Crippen molar-refractivity contribution in [2.75, 3.05) is 0 Å². The van der Waals surface area contributed by atoms with Crippen LogP contribution in [0.3, 0.4) is 0 Å². The van der Waals surface area contributed by atoms with E-state index >= 15 is 0 Å². The minimum absolute atomic E-state index is 0.200. The van der Waals surface area contributed by atoms with Gasteiger partial charge in [0.2, 0.25) is 5.91 Å². The van der Waals surface area contributed by atoms with Gasteiger partial charge in [-0.25, -0.2) is 4.39 Å². The van der Waals surface area contributed by atoms with Crippen LogP contribution in [-0.2, 0) is 11.3 Å². The van der Waals surface area contributed by atoms with Crippen LogP contribution in [0.5, 0.6) is 0 Å². The van der Waals surface area contributed by atoms with E-state index in [1.54, 1.807) is 0 Å². The third-order valence-corrected chi connectivity index (χ3v) is 3.72. The van der Waals surface area contributed by atoms with Crippen molar-refractivity contribution >= 4 is 5.91 Å². The number of unbranched alkanes of at least 4 members (excludes halogenated alkanes) is 2. The van der Waals surface area contributed by atoms with E-state index in [4.69, 9.17) is 5.73 Å². The van der Waals surface area contributed by atoms with Gasteiger partial charge in [0.05, 0.1) is 0 Å². The Hall–Kier alpha value is -1.42. The molecule has 118 valence electrons. The normalized spacial score (nSPS) is 12.6. The van der Waals surface area contributed by atoms with E-state index < -0.39 is 0 Å². The Bertz CT molecular complexity index is 417. The smallest absolute Gasteiger partial charge is 0.217 e. The Morgan fingerprint density at radius 2 is 1.86 bits per heavy atom. The van der Waals surface area contributed by atoms with Crippen molar-refractivity contribution in [3.05, 3.63) is 35.6 Å². The lowest BCUT2D eigenvalue weighted by atomic mass is 9.97. The lowest BCUT2D eigenvalue weighted by Gasteiger charge is -2.22. The third-order valence-electron chi connectivity index (χ3n) is 3.72. The summed E-state index contributed by atoms with van der Waals surface area (Å²) >= 11 is 0. The van der Waals surface area contributed by atoms with Gasteiger partial charge in [-0.1, -0.05) is 38.8 Å². The summed E-state index contributed by atoms with van der Waals surface area (Å²) in [7, 11) is 0. The fourth-order valence-electron chi connectivity index (χ4n) is 2.36. The molecule has 3 nitrogen and oxygen atoms in total. The number of nitrogens with two attached hydrogens (primary N) is 1. The van der Waals surface area contributed by atoms with Gasteiger partial charge in [0.25, 0.3) is 0 Å². The molecule has 0 fully saturated rings. The number of nitrogens with one attached hydrogen (secondary N) is 1. The molecule has 0 bridgehead atoms. The fraction of sp³-hybridized carbons (Fsp3) is 0.588. The number of hydrogen-bond donors (Lipinski definition) is 2. The second kappa shape index (κ2) is 9.50. The number of carbonyl (C=O) groups excluding carboxylic acids is 1. The van der Waals surface area contributed by atoms with E-state index in [2.05, 4.69) is 19.2 Å². The topological polar surface area (TPSA) is 55.1 Å². The van der Waals surface area contributed by atoms with Gasteiger partial charge in [0, 0.05) is 19.0 Å². The van der Waals surface area contributed by atoms with Crippen LogP contribution in [0.4, 0.5) is 4.39 Å². The van der Waals surface area contributed by atoms with Gasteiger partial charge in [-0.2, -0.15) is 0 Å². The summed E-state index contributed by atoms with van der Waals surface area (Å²) in [6.45, 7) is 5.15. The van der Waals surface area contributed by atoms with Crippen LogP contribution < -0.4 is 11.1 Å². The Morgan fingerprint density at radius 3 is 2.43 bits per heavy atom. The molecule has 0 saturated carbocycles. The monoisotopic (exact) mass is 294 g/mol. The molecule has 3 N–H and O–H groups in total. The molecule has 0 saturated heterocycles. The van der Waals surface area contributed by atoms with E-state index in [0.29, 0.717) is 18.4 Å². The first-order chi connectivity index (χ1) is 9.99. The molecular formula is C17H27FN2O. The van der Waals surface area contributed by atoms with Crippen molar-refractivity contribution in [2.24, 2.45) is 11.7 Å². The van der Waals surface area contributed by atoms with E-state index in [9.17, 15) is 9.18 Å². The maximum atomic E-state index is 12.9. The summed E-state index contributed by atoms with van der Waals surface area (Å²) in [4.78, 5) is 10.7.